The van der Waals surface area contributed by atoms with Crippen LogP contribution in [0.4, 0.5) is 0 Å². The maximum atomic E-state index is 10.9. The summed E-state index contributed by atoms with van der Waals surface area (Å²) >= 11 is 0. The molecule has 1 saturated carbocycles. The van der Waals surface area contributed by atoms with E-state index in [0.29, 0.717) is 5.92 Å². The lowest BCUT2D eigenvalue weighted by Crippen LogP contribution is -2.09. The Morgan fingerprint density at radius 1 is 1.70 bits per heavy atom. The number of hydrogen-bond donors (Lipinski definition) is 1. The highest BCUT2D eigenvalue weighted by atomic mass is 16.1. The third-order valence-electron chi connectivity index (χ3n) is 1.92. The highest BCUT2D eigenvalue weighted by Crippen LogP contribution is 2.38. The molecule has 0 bridgehead atoms. The van der Waals surface area contributed by atoms with Gasteiger partial charge in [0.25, 0.3) is 5.56 Å². The van der Waals surface area contributed by atoms with Gasteiger partial charge in [0, 0.05) is 24.7 Å². The minimum Gasteiger partial charge on any atom is -0.300 e. The zero-order valence-electron chi connectivity index (χ0n) is 5.92. The lowest BCUT2D eigenvalue weighted by Gasteiger charge is -1.88. The molecule has 10 heavy (non-hydrogen) atoms. The van der Waals surface area contributed by atoms with E-state index in [-0.39, 0.29) is 5.56 Å². The van der Waals surface area contributed by atoms with Crippen LogP contribution in [0.1, 0.15) is 24.5 Å². The number of aromatic nitrogens is 2. The smallest absolute Gasteiger partial charge is 0.266 e. The van der Waals surface area contributed by atoms with Crippen LogP contribution in [0.25, 0.3) is 0 Å². The molecule has 0 radical (unpaired) electrons. The SMILES string of the molecule is Cn1[nH]c(C2CC2)cc1=O. The molecular weight excluding hydrogens is 128 g/mol. The highest BCUT2D eigenvalue weighted by molar-refractivity contribution is 5.12. The van der Waals surface area contributed by atoms with Crippen molar-refractivity contribution < 1.29 is 0 Å². The molecule has 1 N–H and O–H groups in total. The van der Waals surface area contributed by atoms with Gasteiger partial charge in [0.2, 0.25) is 0 Å². The molecule has 1 aromatic rings. The molecular formula is C7H10N2O. The first kappa shape index (κ1) is 5.77. The van der Waals surface area contributed by atoms with Crippen LogP contribution in [0.15, 0.2) is 10.9 Å². The topological polar surface area (TPSA) is 37.8 Å². The van der Waals surface area contributed by atoms with Gasteiger partial charge in [0.05, 0.1) is 0 Å². The second kappa shape index (κ2) is 1.75. The van der Waals surface area contributed by atoms with Crippen molar-refractivity contribution in [3.05, 3.63) is 22.1 Å². The van der Waals surface area contributed by atoms with Crippen LogP contribution in [0.2, 0.25) is 0 Å². The maximum Gasteiger partial charge on any atom is 0.266 e. The summed E-state index contributed by atoms with van der Waals surface area (Å²) in [6, 6.07) is 1.69. The Balaban J connectivity index is 2.43. The van der Waals surface area contributed by atoms with E-state index in [1.54, 1.807) is 13.1 Å². The van der Waals surface area contributed by atoms with E-state index < -0.39 is 0 Å². The van der Waals surface area contributed by atoms with Crippen LogP contribution in [0.3, 0.4) is 0 Å². The first-order valence-electron chi connectivity index (χ1n) is 3.53. The minimum absolute atomic E-state index is 0.0712. The Bertz CT molecular complexity index is 293. The van der Waals surface area contributed by atoms with Crippen molar-refractivity contribution in [2.45, 2.75) is 18.8 Å². The van der Waals surface area contributed by atoms with E-state index in [4.69, 9.17) is 0 Å². The van der Waals surface area contributed by atoms with Crippen molar-refractivity contribution in [1.29, 1.82) is 0 Å². The molecule has 0 spiro atoms. The molecule has 0 unspecified atom stereocenters. The molecule has 1 fully saturated rings. The van der Waals surface area contributed by atoms with Gasteiger partial charge in [-0.1, -0.05) is 0 Å². The van der Waals surface area contributed by atoms with Crippen LogP contribution >= 0.6 is 0 Å². The fraction of sp³-hybridized carbons (Fsp3) is 0.571. The minimum atomic E-state index is 0.0712. The van der Waals surface area contributed by atoms with E-state index in [1.165, 1.54) is 17.5 Å². The van der Waals surface area contributed by atoms with Gasteiger partial charge in [-0.05, 0) is 12.8 Å². The van der Waals surface area contributed by atoms with Gasteiger partial charge in [0.1, 0.15) is 0 Å². The number of rotatable bonds is 1. The van der Waals surface area contributed by atoms with Crippen molar-refractivity contribution in [1.82, 2.24) is 9.78 Å². The van der Waals surface area contributed by atoms with Gasteiger partial charge in [-0.15, -0.1) is 0 Å². The van der Waals surface area contributed by atoms with Crippen molar-refractivity contribution in [3.63, 3.8) is 0 Å². The normalized spacial score (nSPS) is 17.7. The van der Waals surface area contributed by atoms with E-state index in [9.17, 15) is 4.79 Å². The zero-order chi connectivity index (χ0) is 7.14. The van der Waals surface area contributed by atoms with Crippen LogP contribution < -0.4 is 5.56 Å². The van der Waals surface area contributed by atoms with Crippen LogP contribution in [0.5, 0.6) is 0 Å². The Morgan fingerprint density at radius 3 is 2.80 bits per heavy atom. The summed E-state index contributed by atoms with van der Waals surface area (Å²) in [5.41, 5.74) is 1.18. The van der Waals surface area contributed by atoms with Crippen molar-refractivity contribution in [2.75, 3.05) is 0 Å². The molecule has 0 aromatic carbocycles. The van der Waals surface area contributed by atoms with Crippen LogP contribution in [-0.4, -0.2) is 9.78 Å². The van der Waals surface area contributed by atoms with Crippen LogP contribution in [0, 0.1) is 0 Å². The first-order valence-corrected chi connectivity index (χ1v) is 3.53. The summed E-state index contributed by atoms with van der Waals surface area (Å²) < 4.78 is 1.52. The van der Waals surface area contributed by atoms with Gasteiger partial charge >= 0.3 is 0 Å². The molecule has 1 aromatic heterocycles. The van der Waals surface area contributed by atoms with Gasteiger partial charge in [-0.3, -0.25) is 14.6 Å². The quantitative estimate of drug-likeness (QED) is 0.606. The highest BCUT2D eigenvalue weighted by Gasteiger charge is 2.25. The number of H-pyrrole nitrogens is 1. The van der Waals surface area contributed by atoms with E-state index >= 15 is 0 Å². The van der Waals surface area contributed by atoms with Gasteiger partial charge in [-0.25, -0.2) is 0 Å². The Kier molecular flexibility index (Phi) is 1.01. The maximum absolute atomic E-state index is 10.9. The van der Waals surface area contributed by atoms with E-state index in [1.807, 2.05) is 0 Å². The Labute approximate surface area is 58.7 Å². The monoisotopic (exact) mass is 138 g/mol. The fourth-order valence-electron chi connectivity index (χ4n) is 1.11. The fourth-order valence-corrected chi connectivity index (χ4v) is 1.11. The molecule has 0 amide bonds. The third kappa shape index (κ3) is 0.781. The van der Waals surface area contributed by atoms with Crippen molar-refractivity contribution in [3.8, 4) is 0 Å². The lowest BCUT2D eigenvalue weighted by molar-refractivity contribution is 0.721. The Hall–Kier alpha value is -0.990. The van der Waals surface area contributed by atoms with Gasteiger partial charge in [0.15, 0.2) is 0 Å². The van der Waals surface area contributed by atoms with Gasteiger partial charge < -0.3 is 0 Å². The zero-order valence-corrected chi connectivity index (χ0v) is 5.92. The average molecular weight is 138 g/mol. The molecule has 1 aliphatic rings. The molecule has 1 aliphatic carbocycles. The number of aryl methyl sites for hydroxylation is 1. The second-order valence-electron chi connectivity index (χ2n) is 2.88. The summed E-state index contributed by atoms with van der Waals surface area (Å²) in [5.74, 6) is 0.647. The molecule has 54 valence electrons. The number of nitrogens with zero attached hydrogens (tertiary/aromatic N) is 1. The van der Waals surface area contributed by atoms with Crippen molar-refractivity contribution >= 4 is 0 Å². The predicted octanol–water partition coefficient (Wildman–Crippen LogP) is 0.591. The number of aromatic amines is 1. The standard InChI is InChI=1S/C7H10N2O/c1-9-7(10)4-6(8-9)5-2-3-5/h4-5,8H,2-3H2,1H3. The van der Waals surface area contributed by atoms with Crippen molar-refractivity contribution in [2.24, 2.45) is 7.05 Å². The summed E-state index contributed by atoms with van der Waals surface area (Å²) in [4.78, 5) is 10.9. The molecule has 3 nitrogen and oxygen atoms in total. The van der Waals surface area contributed by atoms with E-state index in [2.05, 4.69) is 5.10 Å². The van der Waals surface area contributed by atoms with Crippen LogP contribution in [-0.2, 0) is 7.05 Å². The Morgan fingerprint density at radius 2 is 2.40 bits per heavy atom. The predicted molar refractivity (Wildman–Crippen MR) is 38.0 cm³/mol. The molecule has 0 aliphatic heterocycles. The molecule has 1 heterocycles. The lowest BCUT2D eigenvalue weighted by atomic mass is 10.3. The molecule has 3 heteroatoms. The summed E-state index contributed by atoms with van der Waals surface area (Å²) in [5, 5.41) is 3.01. The van der Waals surface area contributed by atoms with E-state index in [0.717, 1.165) is 5.69 Å². The summed E-state index contributed by atoms with van der Waals surface area (Å²) in [6.07, 6.45) is 2.47. The second-order valence-corrected chi connectivity index (χ2v) is 2.88. The first-order chi connectivity index (χ1) is 4.77. The number of nitrogens with one attached hydrogen (secondary N) is 1. The number of hydrogen-bond acceptors (Lipinski definition) is 1. The molecule has 0 atom stereocenters. The summed E-state index contributed by atoms with van der Waals surface area (Å²) in [6.45, 7) is 0. The largest absolute Gasteiger partial charge is 0.300 e. The molecule has 2 rings (SSSR count). The van der Waals surface area contributed by atoms with Gasteiger partial charge in [-0.2, -0.15) is 0 Å². The third-order valence-corrected chi connectivity index (χ3v) is 1.92. The molecule has 0 saturated heterocycles. The summed E-state index contributed by atoms with van der Waals surface area (Å²) in [7, 11) is 1.74. The average Bonchev–Trinajstić information content (AvgIpc) is 2.64.